The number of nitrogens with one attached hydrogen (secondary N) is 1. The number of nitrogens with zero attached hydrogens (tertiary/aromatic N) is 5. The number of hydrogen-bond acceptors (Lipinski definition) is 12. The van der Waals surface area contributed by atoms with E-state index in [0.29, 0.717) is 47.5 Å². The second kappa shape index (κ2) is 16.1. The Hall–Kier alpha value is -6.16. The van der Waals surface area contributed by atoms with Crippen LogP contribution in [0.2, 0.25) is 0 Å². The van der Waals surface area contributed by atoms with Crippen LogP contribution in [0, 0.1) is 12.7 Å². The van der Waals surface area contributed by atoms with E-state index in [1.54, 1.807) is 45.0 Å². The maximum atomic E-state index is 15.8. The average molecular weight is 757 g/mol. The third-order valence-corrected chi connectivity index (χ3v) is 9.24. The molecule has 2 aromatic carbocycles. The van der Waals surface area contributed by atoms with Gasteiger partial charge in [-0.1, -0.05) is 12.1 Å². The summed E-state index contributed by atoms with van der Waals surface area (Å²) in [5.41, 5.74) is 0.714. The fourth-order valence-electron chi connectivity index (χ4n) is 6.64. The molecule has 3 atom stereocenters. The van der Waals surface area contributed by atoms with Gasteiger partial charge >= 0.3 is 17.8 Å². The molecule has 1 amide bonds. The molecule has 55 heavy (non-hydrogen) atoms. The number of halogens is 1. The molecule has 6 rings (SSSR count). The highest BCUT2D eigenvalue weighted by molar-refractivity contribution is 5.99. The van der Waals surface area contributed by atoms with E-state index in [4.69, 9.17) is 18.9 Å². The summed E-state index contributed by atoms with van der Waals surface area (Å²) < 4.78 is 39.1. The largest absolute Gasteiger partial charge is 0.511 e. The number of carbonyl (C=O) groups is 3. The zero-order valence-corrected chi connectivity index (χ0v) is 31.2. The van der Waals surface area contributed by atoms with E-state index in [0.717, 1.165) is 4.57 Å². The number of aromatic nitrogens is 4. The van der Waals surface area contributed by atoms with Crippen LogP contribution in [-0.4, -0.2) is 81.4 Å². The molecular formula is C39H41FN6O9. The van der Waals surface area contributed by atoms with Crippen LogP contribution in [0.5, 0.6) is 0 Å². The van der Waals surface area contributed by atoms with Crippen molar-refractivity contribution >= 4 is 45.5 Å². The van der Waals surface area contributed by atoms with Crippen LogP contribution in [0.4, 0.5) is 14.9 Å². The van der Waals surface area contributed by atoms with Crippen molar-refractivity contribution in [2.75, 3.05) is 24.7 Å². The summed E-state index contributed by atoms with van der Waals surface area (Å²) in [6, 6.07) is 9.49. The van der Waals surface area contributed by atoms with Gasteiger partial charge < -0.3 is 29.2 Å². The van der Waals surface area contributed by atoms with Crippen LogP contribution >= 0.6 is 0 Å². The number of aryl methyl sites for hydroxylation is 2. The summed E-state index contributed by atoms with van der Waals surface area (Å²) >= 11 is 0. The van der Waals surface area contributed by atoms with Crippen molar-refractivity contribution in [3.8, 4) is 5.69 Å². The first kappa shape index (κ1) is 38.6. The molecule has 4 heterocycles. The molecule has 0 aliphatic carbocycles. The first-order valence-electron chi connectivity index (χ1n) is 17.7. The van der Waals surface area contributed by atoms with Crippen LogP contribution in [-0.2, 0) is 37.2 Å². The van der Waals surface area contributed by atoms with E-state index in [1.807, 2.05) is 11.8 Å². The summed E-state index contributed by atoms with van der Waals surface area (Å²) in [6.45, 7) is 9.61. The number of hydrogen-bond donors (Lipinski definition) is 1. The minimum Gasteiger partial charge on any atom is -0.431 e. The van der Waals surface area contributed by atoms with Crippen LogP contribution < -0.4 is 21.5 Å². The third kappa shape index (κ3) is 8.04. The molecule has 1 saturated heterocycles. The van der Waals surface area contributed by atoms with Gasteiger partial charge in [-0.2, -0.15) is 0 Å². The lowest BCUT2D eigenvalue weighted by Crippen LogP contribution is -2.45. The summed E-state index contributed by atoms with van der Waals surface area (Å²) in [5, 5.41) is 3.34. The fourth-order valence-corrected chi connectivity index (χ4v) is 6.64. The number of carbonyl (C=O) groups excluding carboxylic acids is 3. The van der Waals surface area contributed by atoms with E-state index in [2.05, 4.69) is 15.3 Å². The summed E-state index contributed by atoms with van der Waals surface area (Å²) in [5.74, 6) is -2.67. The molecule has 15 nitrogen and oxygen atoms in total. The highest BCUT2D eigenvalue weighted by atomic mass is 19.1. The number of amides is 1. The topological polar surface area (TPSA) is 173 Å². The Bertz CT molecular complexity index is 2390. The molecule has 1 fully saturated rings. The monoisotopic (exact) mass is 756 g/mol. The van der Waals surface area contributed by atoms with Crippen molar-refractivity contribution in [2.45, 2.75) is 65.5 Å². The first-order valence-corrected chi connectivity index (χ1v) is 17.7. The second-order valence-electron chi connectivity index (χ2n) is 13.5. The standard InChI is InChI=1S/C39H41FN6O9/c1-21(2)53-39(51)55-24(5)54-37(49)30(43-35(47)33-22(3)16-26(18-29(33)40)45-14-15-52-20-23(45)4)17-25-9-10-31(34-27(25)8-7-12-42-34)46-36(48)28-11-13-41-19-32(28)44(6)38(46)50/h7-13,16,18-19,21,23-24,30H,14-15,17,20H2,1-6H3,(H,43,47)/t23-,24?,30-/m0/s1. The van der Waals surface area contributed by atoms with Crippen molar-refractivity contribution in [1.29, 1.82) is 0 Å². The summed E-state index contributed by atoms with van der Waals surface area (Å²) in [4.78, 5) is 77.5. The first-order chi connectivity index (χ1) is 26.2. The molecule has 5 aromatic rings. The van der Waals surface area contributed by atoms with Crippen molar-refractivity contribution < 1.29 is 37.7 Å². The van der Waals surface area contributed by atoms with Crippen molar-refractivity contribution in [1.82, 2.24) is 24.4 Å². The highest BCUT2D eigenvalue weighted by Gasteiger charge is 2.30. The molecule has 0 radical (unpaired) electrons. The number of ether oxygens (including phenoxy) is 4. The van der Waals surface area contributed by atoms with E-state index in [-0.39, 0.29) is 34.6 Å². The van der Waals surface area contributed by atoms with Crippen LogP contribution in [0.25, 0.3) is 27.5 Å². The molecule has 16 heteroatoms. The lowest BCUT2D eigenvalue weighted by molar-refractivity contribution is -0.170. The van der Waals surface area contributed by atoms with Crippen molar-refractivity contribution in [2.24, 2.45) is 7.05 Å². The molecule has 0 saturated carbocycles. The Labute approximate surface area is 314 Å². The number of rotatable bonds is 10. The molecule has 1 aliphatic heterocycles. The van der Waals surface area contributed by atoms with Gasteiger partial charge in [0.25, 0.3) is 11.5 Å². The Kier molecular flexibility index (Phi) is 11.3. The Morgan fingerprint density at radius 2 is 1.82 bits per heavy atom. The Morgan fingerprint density at radius 3 is 2.55 bits per heavy atom. The summed E-state index contributed by atoms with van der Waals surface area (Å²) in [6.07, 6.45) is 1.19. The highest BCUT2D eigenvalue weighted by Crippen LogP contribution is 2.27. The molecule has 1 aliphatic rings. The van der Waals surface area contributed by atoms with Gasteiger partial charge in [-0.15, -0.1) is 0 Å². The molecule has 0 bridgehead atoms. The number of pyridine rings is 2. The smallest absolute Gasteiger partial charge is 0.431 e. The van der Waals surface area contributed by atoms with Gasteiger partial charge in [-0.25, -0.2) is 23.3 Å². The zero-order chi connectivity index (χ0) is 39.6. The van der Waals surface area contributed by atoms with Crippen LogP contribution in [0.3, 0.4) is 0 Å². The predicted molar refractivity (Wildman–Crippen MR) is 200 cm³/mol. The van der Waals surface area contributed by atoms with Gasteiger partial charge in [0.1, 0.15) is 11.9 Å². The maximum absolute atomic E-state index is 15.8. The predicted octanol–water partition coefficient (Wildman–Crippen LogP) is 4.10. The van der Waals surface area contributed by atoms with Gasteiger partial charge in [-0.3, -0.25) is 24.1 Å². The second-order valence-corrected chi connectivity index (χ2v) is 13.5. The Morgan fingerprint density at radius 1 is 1.04 bits per heavy atom. The zero-order valence-electron chi connectivity index (χ0n) is 31.2. The van der Waals surface area contributed by atoms with Gasteiger partial charge in [0.05, 0.1) is 53.2 Å². The molecule has 0 spiro atoms. The van der Waals surface area contributed by atoms with Gasteiger partial charge in [0, 0.05) is 56.4 Å². The Balaban J connectivity index is 1.37. The molecule has 1 unspecified atom stereocenters. The van der Waals surface area contributed by atoms with E-state index >= 15 is 4.39 Å². The minimum absolute atomic E-state index is 0.00993. The van der Waals surface area contributed by atoms with E-state index in [9.17, 15) is 24.0 Å². The molecule has 3 aromatic heterocycles. The number of fused-ring (bicyclic) bond motifs is 2. The van der Waals surface area contributed by atoms with Crippen LogP contribution in [0.15, 0.2) is 70.6 Å². The lowest BCUT2D eigenvalue weighted by Gasteiger charge is -2.35. The lowest BCUT2D eigenvalue weighted by atomic mass is 9.99. The van der Waals surface area contributed by atoms with Crippen molar-refractivity contribution in [3.05, 3.63) is 104 Å². The number of anilines is 1. The quantitative estimate of drug-likeness (QED) is 0.160. The average Bonchev–Trinajstić information content (AvgIpc) is 3.13. The number of morpholine rings is 1. The molecule has 1 N–H and O–H groups in total. The number of esters is 1. The normalized spacial score (nSPS) is 15.5. The minimum atomic E-state index is -1.45. The fraction of sp³-hybridized carbons (Fsp3) is 0.359. The van der Waals surface area contributed by atoms with Crippen molar-refractivity contribution in [3.63, 3.8) is 0 Å². The van der Waals surface area contributed by atoms with E-state index in [1.165, 1.54) is 55.3 Å². The van der Waals surface area contributed by atoms with Crippen LogP contribution in [0.1, 0.15) is 49.2 Å². The maximum Gasteiger partial charge on any atom is 0.511 e. The van der Waals surface area contributed by atoms with Gasteiger partial charge in [0.15, 0.2) is 0 Å². The number of benzene rings is 2. The SMILES string of the molecule is Cc1cc(N2CCOC[C@@H]2C)cc(F)c1C(=O)N[C@@H](Cc1ccc(-n2c(=O)c3ccncc3n(C)c2=O)c2ncccc12)C(=O)OC(C)OC(=O)OC(C)C. The molecule has 288 valence electrons. The molecular weight excluding hydrogens is 715 g/mol. The van der Waals surface area contributed by atoms with Gasteiger partial charge in [-0.05, 0) is 69.2 Å². The third-order valence-electron chi connectivity index (χ3n) is 9.24. The van der Waals surface area contributed by atoms with E-state index < -0.39 is 53.5 Å². The van der Waals surface area contributed by atoms with Gasteiger partial charge in [0.2, 0.25) is 6.29 Å². The summed E-state index contributed by atoms with van der Waals surface area (Å²) in [7, 11) is 1.53.